The van der Waals surface area contributed by atoms with Crippen molar-refractivity contribution in [2.45, 2.75) is 13.2 Å². The highest BCUT2D eigenvalue weighted by Gasteiger charge is 1.99. The van der Waals surface area contributed by atoms with Crippen LogP contribution in [0.1, 0.15) is 11.1 Å². The first-order chi connectivity index (χ1) is 7.76. The van der Waals surface area contributed by atoms with Crippen molar-refractivity contribution in [1.29, 1.82) is 5.26 Å². The van der Waals surface area contributed by atoms with Gasteiger partial charge in [0, 0.05) is 6.54 Å². The fourth-order valence-electron chi connectivity index (χ4n) is 1.13. The Morgan fingerprint density at radius 2 is 1.88 bits per heavy atom. The molecule has 84 valence electrons. The van der Waals surface area contributed by atoms with Gasteiger partial charge in [-0.2, -0.15) is 5.26 Å². The van der Waals surface area contributed by atoms with Gasteiger partial charge in [0.05, 0.1) is 12.7 Å². The maximum Gasteiger partial charge on any atom is 0.315 e. The van der Waals surface area contributed by atoms with Crippen LogP contribution in [0.15, 0.2) is 24.3 Å². The fraction of sp³-hybridized carbons (Fsp3) is 0.273. The van der Waals surface area contributed by atoms with Crippen LogP contribution in [-0.4, -0.2) is 17.7 Å². The van der Waals surface area contributed by atoms with Gasteiger partial charge in [-0.3, -0.25) is 0 Å². The highest BCUT2D eigenvalue weighted by molar-refractivity contribution is 5.74. The van der Waals surface area contributed by atoms with Crippen LogP contribution < -0.4 is 10.6 Å². The molecule has 5 nitrogen and oxygen atoms in total. The Balaban J connectivity index is 2.37. The lowest BCUT2D eigenvalue weighted by Crippen LogP contribution is -2.35. The largest absolute Gasteiger partial charge is 0.392 e. The molecule has 0 aliphatic rings. The van der Waals surface area contributed by atoms with E-state index in [1.165, 1.54) is 0 Å². The first-order valence-corrected chi connectivity index (χ1v) is 4.83. The summed E-state index contributed by atoms with van der Waals surface area (Å²) >= 11 is 0. The Bertz CT molecular complexity index is 381. The van der Waals surface area contributed by atoms with Crippen LogP contribution in [0.5, 0.6) is 0 Å². The van der Waals surface area contributed by atoms with Crippen molar-refractivity contribution in [3.05, 3.63) is 35.4 Å². The number of carbonyl (C=O) groups is 1. The Morgan fingerprint density at radius 1 is 1.25 bits per heavy atom. The van der Waals surface area contributed by atoms with E-state index in [1.807, 2.05) is 18.2 Å². The van der Waals surface area contributed by atoms with Gasteiger partial charge in [-0.25, -0.2) is 4.79 Å². The van der Waals surface area contributed by atoms with E-state index in [-0.39, 0.29) is 19.2 Å². The molecule has 16 heavy (non-hydrogen) atoms. The minimum Gasteiger partial charge on any atom is -0.392 e. The summed E-state index contributed by atoms with van der Waals surface area (Å²) < 4.78 is 0. The highest BCUT2D eigenvalue weighted by atomic mass is 16.3. The third-order valence-electron chi connectivity index (χ3n) is 1.99. The summed E-state index contributed by atoms with van der Waals surface area (Å²) in [5.74, 6) is 0. The molecule has 0 aromatic heterocycles. The second-order valence-corrected chi connectivity index (χ2v) is 3.17. The number of benzene rings is 1. The molecule has 0 saturated carbocycles. The molecule has 1 rings (SSSR count). The van der Waals surface area contributed by atoms with Crippen molar-refractivity contribution in [3.63, 3.8) is 0 Å². The first kappa shape index (κ1) is 12.0. The molecular weight excluding hydrogens is 206 g/mol. The second-order valence-electron chi connectivity index (χ2n) is 3.17. The topological polar surface area (TPSA) is 85.2 Å². The van der Waals surface area contributed by atoms with Gasteiger partial charge in [0.2, 0.25) is 0 Å². The van der Waals surface area contributed by atoms with Crippen LogP contribution in [0.2, 0.25) is 0 Å². The van der Waals surface area contributed by atoms with Crippen LogP contribution in [0.25, 0.3) is 0 Å². The number of hydrogen-bond acceptors (Lipinski definition) is 3. The van der Waals surface area contributed by atoms with E-state index in [9.17, 15) is 4.79 Å². The molecule has 5 heteroatoms. The van der Waals surface area contributed by atoms with Gasteiger partial charge in [0.1, 0.15) is 6.54 Å². The van der Waals surface area contributed by atoms with Gasteiger partial charge >= 0.3 is 6.03 Å². The second kappa shape index (κ2) is 6.43. The SMILES string of the molecule is N#CCNC(=O)NCc1ccc(CO)cc1. The van der Waals surface area contributed by atoms with Gasteiger partial charge in [0.15, 0.2) is 0 Å². The Labute approximate surface area is 93.7 Å². The number of nitrogens with zero attached hydrogens (tertiary/aromatic N) is 1. The van der Waals surface area contributed by atoms with Gasteiger partial charge in [-0.05, 0) is 11.1 Å². The van der Waals surface area contributed by atoms with Crippen LogP contribution >= 0.6 is 0 Å². The molecule has 0 unspecified atom stereocenters. The summed E-state index contributed by atoms with van der Waals surface area (Å²) in [7, 11) is 0. The van der Waals surface area contributed by atoms with E-state index in [0.29, 0.717) is 6.54 Å². The summed E-state index contributed by atoms with van der Waals surface area (Å²) in [6.07, 6.45) is 0. The number of urea groups is 1. The number of hydrogen-bond donors (Lipinski definition) is 3. The molecule has 2 amide bonds. The highest BCUT2D eigenvalue weighted by Crippen LogP contribution is 2.03. The first-order valence-electron chi connectivity index (χ1n) is 4.83. The van der Waals surface area contributed by atoms with E-state index in [1.54, 1.807) is 12.1 Å². The molecule has 0 heterocycles. The standard InChI is InChI=1S/C11H13N3O2/c12-5-6-13-11(16)14-7-9-1-3-10(8-15)4-2-9/h1-4,15H,6-8H2,(H2,13,14,16). The number of nitrogens with one attached hydrogen (secondary N) is 2. The summed E-state index contributed by atoms with van der Waals surface area (Å²) in [6, 6.07) is 8.69. The van der Waals surface area contributed by atoms with Crippen molar-refractivity contribution < 1.29 is 9.90 Å². The minimum absolute atomic E-state index is 0.00468. The normalized spacial score (nSPS) is 9.25. The lowest BCUT2D eigenvalue weighted by molar-refractivity contribution is 0.241. The predicted octanol–water partition coefficient (Wildman–Crippen LogP) is 0.502. The lowest BCUT2D eigenvalue weighted by atomic mass is 10.1. The third kappa shape index (κ3) is 3.98. The monoisotopic (exact) mass is 219 g/mol. The van der Waals surface area contributed by atoms with Crippen LogP contribution in [0.3, 0.4) is 0 Å². The zero-order valence-corrected chi connectivity index (χ0v) is 8.73. The molecule has 0 saturated heterocycles. The van der Waals surface area contributed by atoms with E-state index in [2.05, 4.69) is 10.6 Å². The third-order valence-corrected chi connectivity index (χ3v) is 1.99. The molecule has 0 aliphatic heterocycles. The number of rotatable bonds is 4. The molecule has 0 bridgehead atoms. The average molecular weight is 219 g/mol. The molecule has 3 N–H and O–H groups in total. The summed E-state index contributed by atoms with van der Waals surface area (Å²) in [5, 5.41) is 22.1. The summed E-state index contributed by atoms with van der Waals surface area (Å²) in [5.41, 5.74) is 1.77. The number of aliphatic hydroxyl groups is 1. The van der Waals surface area contributed by atoms with Crippen molar-refractivity contribution in [1.82, 2.24) is 10.6 Å². The number of amides is 2. The van der Waals surface area contributed by atoms with Crippen molar-refractivity contribution in [2.75, 3.05) is 6.54 Å². The molecule has 0 aliphatic carbocycles. The Kier molecular flexibility index (Phi) is 4.83. The van der Waals surface area contributed by atoms with Crippen molar-refractivity contribution in [2.24, 2.45) is 0 Å². The zero-order valence-electron chi connectivity index (χ0n) is 8.73. The van der Waals surface area contributed by atoms with Crippen LogP contribution in [-0.2, 0) is 13.2 Å². The van der Waals surface area contributed by atoms with Crippen molar-refractivity contribution >= 4 is 6.03 Å². The summed E-state index contributed by atoms with van der Waals surface area (Å²) in [6.45, 7) is 0.397. The minimum atomic E-state index is -0.368. The molecule has 0 atom stereocenters. The average Bonchev–Trinajstić information content (AvgIpc) is 2.34. The van der Waals surface area contributed by atoms with Gasteiger partial charge < -0.3 is 15.7 Å². The molecule has 0 spiro atoms. The van der Waals surface area contributed by atoms with E-state index in [4.69, 9.17) is 10.4 Å². The van der Waals surface area contributed by atoms with Gasteiger partial charge in [-0.15, -0.1) is 0 Å². The number of aliphatic hydroxyl groups excluding tert-OH is 1. The van der Waals surface area contributed by atoms with E-state index >= 15 is 0 Å². The quantitative estimate of drug-likeness (QED) is 0.645. The van der Waals surface area contributed by atoms with Gasteiger partial charge in [0.25, 0.3) is 0 Å². The maximum absolute atomic E-state index is 11.1. The molecule has 1 aromatic rings. The van der Waals surface area contributed by atoms with Gasteiger partial charge in [-0.1, -0.05) is 24.3 Å². The van der Waals surface area contributed by atoms with Crippen molar-refractivity contribution in [3.8, 4) is 6.07 Å². The molecular formula is C11H13N3O2. The lowest BCUT2D eigenvalue weighted by Gasteiger charge is -2.05. The maximum atomic E-state index is 11.1. The Hall–Kier alpha value is -2.06. The van der Waals surface area contributed by atoms with E-state index < -0.39 is 0 Å². The molecule has 0 radical (unpaired) electrons. The summed E-state index contributed by atoms with van der Waals surface area (Å²) in [4.78, 5) is 11.1. The fourth-order valence-corrected chi connectivity index (χ4v) is 1.13. The Morgan fingerprint density at radius 3 is 2.44 bits per heavy atom. The smallest absolute Gasteiger partial charge is 0.315 e. The number of carbonyl (C=O) groups excluding carboxylic acids is 1. The molecule has 0 fully saturated rings. The van der Waals surface area contributed by atoms with Crippen LogP contribution in [0, 0.1) is 11.3 Å². The van der Waals surface area contributed by atoms with Crippen LogP contribution in [0.4, 0.5) is 4.79 Å². The molecule has 1 aromatic carbocycles. The predicted molar refractivity (Wildman–Crippen MR) is 58.2 cm³/mol. The van der Waals surface area contributed by atoms with E-state index in [0.717, 1.165) is 11.1 Å². The zero-order chi connectivity index (χ0) is 11.8. The number of nitriles is 1.